The molecule has 0 atom stereocenters. The Labute approximate surface area is 120 Å². The van der Waals surface area contributed by atoms with Crippen molar-refractivity contribution in [2.45, 2.75) is 26.7 Å². The van der Waals surface area contributed by atoms with Crippen molar-refractivity contribution >= 4 is 17.3 Å². The molecule has 0 saturated carbocycles. The van der Waals surface area contributed by atoms with Crippen molar-refractivity contribution in [3.05, 3.63) is 41.0 Å². The van der Waals surface area contributed by atoms with Crippen molar-refractivity contribution in [3.8, 4) is 0 Å². The molecule has 1 aromatic heterocycles. The normalized spacial score (nSPS) is 11.0. The van der Waals surface area contributed by atoms with E-state index in [2.05, 4.69) is 15.3 Å². The van der Waals surface area contributed by atoms with Crippen molar-refractivity contribution in [1.82, 2.24) is 9.97 Å². The first-order valence-electron chi connectivity index (χ1n) is 6.35. The van der Waals surface area contributed by atoms with Crippen molar-refractivity contribution in [3.63, 3.8) is 0 Å². The lowest BCUT2D eigenvalue weighted by Gasteiger charge is -2.14. The van der Waals surface area contributed by atoms with Crippen LogP contribution < -0.4 is 11.1 Å². The quantitative estimate of drug-likeness (QED) is 0.849. The van der Waals surface area contributed by atoms with Crippen LogP contribution in [0, 0.1) is 24.4 Å². The molecular weight excluding hydrogens is 281 g/mol. The van der Waals surface area contributed by atoms with E-state index in [1.165, 1.54) is 0 Å². The number of anilines is 3. The van der Waals surface area contributed by atoms with Gasteiger partial charge < -0.3 is 11.1 Å². The highest BCUT2D eigenvalue weighted by atomic mass is 19.2. The van der Waals surface area contributed by atoms with Crippen LogP contribution >= 0.6 is 0 Å². The average molecular weight is 296 g/mol. The van der Waals surface area contributed by atoms with E-state index in [-0.39, 0.29) is 23.2 Å². The molecular formula is C14H15F3N4. The smallest absolute Gasteiger partial charge is 0.161 e. The lowest BCUT2D eigenvalue weighted by molar-refractivity contribution is 0.496. The molecule has 1 heterocycles. The molecule has 4 nitrogen and oxygen atoms in total. The van der Waals surface area contributed by atoms with Gasteiger partial charge in [0.25, 0.3) is 0 Å². The Hall–Kier alpha value is -2.31. The fourth-order valence-electron chi connectivity index (χ4n) is 1.68. The molecule has 2 aromatic rings. The van der Waals surface area contributed by atoms with Crippen LogP contribution in [-0.4, -0.2) is 9.97 Å². The molecule has 1 aromatic carbocycles. The molecule has 0 saturated heterocycles. The third-order valence-electron chi connectivity index (χ3n) is 2.98. The number of hydrogen-bond acceptors (Lipinski definition) is 4. The molecule has 7 heteroatoms. The number of hydrogen-bond donors (Lipinski definition) is 2. The number of aromatic nitrogens is 2. The SMILES string of the molecule is Cc1c(N)nc(C(C)C)nc1Nc1cc(F)c(F)cc1F. The molecule has 0 aliphatic rings. The van der Waals surface area contributed by atoms with Gasteiger partial charge in [-0.1, -0.05) is 13.8 Å². The maximum Gasteiger partial charge on any atom is 0.161 e. The Morgan fingerprint density at radius 1 is 1.05 bits per heavy atom. The van der Waals surface area contributed by atoms with Gasteiger partial charge >= 0.3 is 0 Å². The Kier molecular flexibility index (Phi) is 4.02. The van der Waals surface area contributed by atoms with Gasteiger partial charge in [-0.25, -0.2) is 23.1 Å². The number of nitrogens with one attached hydrogen (secondary N) is 1. The van der Waals surface area contributed by atoms with Crippen molar-refractivity contribution in [2.75, 3.05) is 11.1 Å². The maximum atomic E-state index is 13.7. The van der Waals surface area contributed by atoms with Crippen LogP contribution in [0.3, 0.4) is 0 Å². The van der Waals surface area contributed by atoms with E-state index in [1.807, 2.05) is 13.8 Å². The zero-order valence-corrected chi connectivity index (χ0v) is 11.8. The van der Waals surface area contributed by atoms with Crippen molar-refractivity contribution in [1.29, 1.82) is 0 Å². The van der Waals surface area contributed by atoms with Crippen LogP contribution in [0.1, 0.15) is 31.2 Å². The fourth-order valence-corrected chi connectivity index (χ4v) is 1.68. The van der Waals surface area contributed by atoms with E-state index in [0.717, 1.165) is 6.07 Å². The summed E-state index contributed by atoms with van der Waals surface area (Å²) in [6.07, 6.45) is 0. The van der Waals surface area contributed by atoms with Crippen LogP contribution in [0.2, 0.25) is 0 Å². The Morgan fingerprint density at radius 3 is 2.29 bits per heavy atom. The van der Waals surface area contributed by atoms with Gasteiger partial charge in [-0.05, 0) is 6.92 Å². The maximum absolute atomic E-state index is 13.7. The first-order chi connectivity index (χ1) is 9.79. The predicted molar refractivity (Wildman–Crippen MR) is 74.9 cm³/mol. The van der Waals surface area contributed by atoms with Crippen LogP contribution in [-0.2, 0) is 0 Å². The molecule has 0 aliphatic heterocycles. The number of rotatable bonds is 3. The summed E-state index contributed by atoms with van der Waals surface area (Å²) in [5.74, 6) is -2.32. The first-order valence-corrected chi connectivity index (χ1v) is 6.35. The van der Waals surface area contributed by atoms with E-state index >= 15 is 0 Å². The van der Waals surface area contributed by atoms with E-state index in [0.29, 0.717) is 17.5 Å². The topological polar surface area (TPSA) is 63.8 Å². The molecule has 0 bridgehead atoms. The second kappa shape index (κ2) is 5.59. The molecule has 0 fully saturated rings. The van der Waals surface area contributed by atoms with Gasteiger partial charge in [0.2, 0.25) is 0 Å². The highest BCUT2D eigenvalue weighted by molar-refractivity contribution is 5.64. The molecule has 0 unspecified atom stereocenters. The fraction of sp³-hybridized carbons (Fsp3) is 0.286. The summed E-state index contributed by atoms with van der Waals surface area (Å²) in [5.41, 5.74) is 6.07. The van der Waals surface area contributed by atoms with Gasteiger partial charge in [-0.15, -0.1) is 0 Å². The monoisotopic (exact) mass is 296 g/mol. The summed E-state index contributed by atoms with van der Waals surface area (Å²) < 4.78 is 39.8. The minimum Gasteiger partial charge on any atom is -0.383 e. The van der Waals surface area contributed by atoms with Gasteiger partial charge in [0.15, 0.2) is 11.6 Å². The second-order valence-electron chi connectivity index (χ2n) is 4.97. The number of nitrogen functional groups attached to an aromatic ring is 1. The van der Waals surface area contributed by atoms with Crippen LogP contribution in [0.25, 0.3) is 0 Å². The summed E-state index contributed by atoms with van der Waals surface area (Å²) >= 11 is 0. The zero-order chi connectivity index (χ0) is 15.7. The standard InChI is InChI=1S/C14H15F3N4/c1-6(2)13-20-12(18)7(3)14(21-13)19-11-5-9(16)8(15)4-10(11)17/h4-6H,1-3H3,(H3,18,19,20,21). The van der Waals surface area contributed by atoms with Gasteiger partial charge in [0, 0.05) is 23.6 Å². The highest BCUT2D eigenvalue weighted by Gasteiger charge is 2.15. The minimum atomic E-state index is -1.25. The van der Waals surface area contributed by atoms with E-state index in [9.17, 15) is 13.2 Å². The summed E-state index contributed by atoms with van der Waals surface area (Å²) in [7, 11) is 0. The van der Waals surface area contributed by atoms with E-state index in [1.54, 1.807) is 6.92 Å². The van der Waals surface area contributed by atoms with Gasteiger partial charge in [-0.2, -0.15) is 0 Å². The van der Waals surface area contributed by atoms with Crippen molar-refractivity contribution < 1.29 is 13.2 Å². The Balaban J connectivity index is 2.46. The molecule has 0 radical (unpaired) electrons. The summed E-state index contributed by atoms with van der Waals surface area (Å²) in [6, 6.07) is 1.21. The molecule has 0 spiro atoms. The summed E-state index contributed by atoms with van der Waals surface area (Å²) in [6.45, 7) is 5.41. The second-order valence-corrected chi connectivity index (χ2v) is 4.97. The van der Waals surface area contributed by atoms with Crippen LogP contribution in [0.4, 0.5) is 30.5 Å². The molecule has 3 N–H and O–H groups in total. The van der Waals surface area contributed by atoms with E-state index in [4.69, 9.17) is 5.73 Å². The Bertz CT molecular complexity index is 686. The van der Waals surface area contributed by atoms with Crippen LogP contribution in [0.15, 0.2) is 12.1 Å². The average Bonchev–Trinajstić information content (AvgIpc) is 2.40. The Morgan fingerprint density at radius 2 is 1.67 bits per heavy atom. The lowest BCUT2D eigenvalue weighted by atomic mass is 10.2. The third-order valence-corrected chi connectivity index (χ3v) is 2.98. The third kappa shape index (κ3) is 3.07. The van der Waals surface area contributed by atoms with Crippen LogP contribution in [0.5, 0.6) is 0 Å². The number of halogens is 3. The lowest BCUT2D eigenvalue weighted by Crippen LogP contribution is -2.09. The number of nitrogens with zero attached hydrogens (tertiary/aromatic N) is 2. The highest BCUT2D eigenvalue weighted by Crippen LogP contribution is 2.26. The molecule has 112 valence electrons. The van der Waals surface area contributed by atoms with Gasteiger partial charge in [0.1, 0.15) is 23.3 Å². The predicted octanol–water partition coefficient (Wildman–Crippen LogP) is 3.65. The van der Waals surface area contributed by atoms with E-state index < -0.39 is 17.5 Å². The zero-order valence-electron chi connectivity index (χ0n) is 11.8. The summed E-state index contributed by atoms with van der Waals surface area (Å²) in [5, 5.41) is 2.63. The molecule has 2 rings (SSSR count). The largest absolute Gasteiger partial charge is 0.383 e. The van der Waals surface area contributed by atoms with Crippen molar-refractivity contribution in [2.24, 2.45) is 0 Å². The minimum absolute atomic E-state index is 0.0169. The molecule has 0 amide bonds. The number of benzene rings is 1. The molecule has 21 heavy (non-hydrogen) atoms. The first kappa shape index (κ1) is 15.1. The number of nitrogens with two attached hydrogens (primary N) is 1. The molecule has 0 aliphatic carbocycles. The van der Waals surface area contributed by atoms with Gasteiger partial charge in [-0.3, -0.25) is 0 Å². The van der Waals surface area contributed by atoms with Gasteiger partial charge in [0.05, 0.1) is 5.69 Å². The summed E-state index contributed by atoms with van der Waals surface area (Å²) in [4.78, 5) is 8.36.